The summed E-state index contributed by atoms with van der Waals surface area (Å²) in [6.07, 6.45) is 0. The number of hydrogen-bond donors (Lipinski definition) is 1. The lowest BCUT2D eigenvalue weighted by atomic mass is 9.86. The molecule has 1 N–H and O–H groups in total. The molecule has 1 amide bonds. The van der Waals surface area contributed by atoms with Gasteiger partial charge >= 0.3 is 0 Å². The third-order valence-corrected chi connectivity index (χ3v) is 4.36. The molecular formula is C22H29NO2. The fraction of sp³-hybridized carbons (Fsp3) is 0.409. The van der Waals surface area contributed by atoms with Crippen LogP contribution in [0.5, 0.6) is 5.75 Å². The van der Waals surface area contributed by atoms with E-state index in [0.717, 1.165) is 16.9 Å². The molecular weight excluding hydrogens is 310 g/mol. The van der Waals surface area contributed by atoms with E-state index in [1.807, 2.05) is 39.0 Å². The topological polar surface area (TPSA) is 38.3 Å². The van der Waals surface area contributed by atoms with E-state index in [-0.39, 0.29) is 17.4 Å². The fourth-order valence-electron chi connectivity index (χ4n) is 2.74. The Morgan fingerprint density at radius 1 is 1.12 bits per heavy atom. The molecule has 0 aliphatic carbocycles. The lowest BCUT2D eigenvalue weighted by Gasteiger charge is -2.21. The molecule has 0 unspecified atom stereocenters. The fourth-order valence-corrected chi connectivity index (χ4v) is 2.74. The second kappa shape index (κ2) is 7.73. The molecule has 0 bridgehead atoms. The predicted molar refractivity (Wildman–Crippen MR) is 103 cm³/mol. The maximum absolute atomic E-state index is 12.5. The summed E-state index contributed by atoms with van der Waals surface area (Å²) in [6, 6.07) is 13.9. The van der Waals surface area contributed by atoms with Gasteiger partial charge in [-0.05, 0) is 61.1 Å². The van der Waals surface area contributed by atoms with Gasteiger partial charge in [-0.3, -0.25) is 4.79 Å². The highest BCUT2D eigenvalue weighted by atomic mass is 16.5. The Hall–Kier alpha value is -2.29. The number of amides is 1. The quantitative estimate of drug-likeness (QED) is 0.815. The molecule has 134 valence electrons. The average Bonchev–Trinajstić information content (AvgIpc) is 2.56. The van der Waals surface area contributed by atoms with E-state index >= 15 is 0 Å². The van der Waals surface area contributed by atoms with Crippen LogP contribution in [0, 0.1) is 6.92 Å². The number of nitrogens with one attached hydrogen (secondary N) is 1. The minimum absolute atomic E-state index is 0.0478. The van der Waals surface area contributed by atoms with Crippen LogP contribution in [0.25, 0.3) is 0 Å². The number of benzene rings is 2. The molecule has 3 nitrogen and oxygen atoms in total. The van der Waals surface area contributed by atoms with Gasteiger partial charge in [0.05, 0.1) is 12.6 Å². The van der Waals surface area contributed by atoms with Gasteiger partial charge in [-0.25, -0.2) is 0 Å². The number of ether oxygens (including phenoxy) is 1. The molecule has 0 aromatic heterocycles. The molecule has 0 heterocycles. The second-order valence-corrected chi connectivity index (χ2v) is 7.48. The van der Waals surface area contributed by atoms with Crippen molar-refractivity contribution in [1.82, 2.24) is 5.32 Å². The molecule has 3 heteroatoms. The van der Waals surface area contributed by atoms with Gasteiger partial charge in [-0.2, -0.15) is 0 Å². The van der Waals surface area contributed by atoms with E-state index < -0.39 is 0 Å². The lowest BCUT2D eigenvalue weighted by Crippen LogP contribution is -2.26. The van der Waals surface area contributed by atoms with Crippen molar-refractivity contribution in [3.63, 3.8) is 0 Å². The van der Waals surface area contributed by atoms with Crippen molar-refractivity contribution >= 4 is 5.91 Å². The summed E-state index contributed by atoms with van der Waals surface area (Å²) in [4.78, 5) is 12.5. The summed E-state index contributed by atoms with van der Waals surface area (Å²) in [5, 5.41) is 3.07. The minimum atomic E-state index is -0.0708. The van der Waals surface area contributed by atoms with Crippen molar-refractivity contribution in [3.8, 4) is 5.75 Å². The SMILES string of the molecule is CCOc1ccc(C(=O)N[C@H](C)c2ccc(C(C)(C)C)cc2)cc1C. The van der Waals surface area contributed by atoms with Gasteiger partial charge in [0.2, 0.25) is 0 Å². The molecule has 0 aliphatic heterocycles. The first-order valence-corrected chi connectivity index (χ1v) is 8.87. The second-order valence-electron chi connectivity index (χ2n) is 7.48. The van der Waals surface area contributed by atoms with E-state index in [0.29, 0.717) is 12.2 Å². The normalized spacial score (nSPS) is 12.6. The molecule has 0 radical (unpaired) electrons. The Kier molecular flexibility index (Phi) is 5.89. The molecule has 2 aromatic carbocycles. The van der Waals surface area contributed by atoms with Crippen molar-refractivity contribution in [2.45, 2.75) is 53.0 Å². The third-order valence-electron chi connectivity index (χ3n) is 4.36. The Balaban J connectivity index is 2.08. The highest BCUT2D eigenvalue weighted by molar-refractivity contribution is 5.94. The first-order valence-electron chi connectivity index (χ1n) is 8.87. The number of rotatable bonds is 5. The number of carbonyl (C=O) groups excluding carboxylic acids is 1. The minimum Gasteiger partial charge on any atom is -0.494 e. The largest absolute Gasteiger partial charge is 0.494 e. The van der Waals surface area contributed by atoms with E-state index in [1.165, 1.54) is 5.56 Å². The van der Waals surface area contributed by atoms with E-state index in [4.69, 9.17) is 4.74 Å². The predicted octanol–water partition coefficient (Wildman–Crippen LogP) is 5.18. The zero-order valence-corrected chi connectivity index (χ0v) is 16.1. The molecule has 25 heavy (non-hydrogen) atoms. The van der Waals surface area contributed by atoms with Crippen molar-refractivity contribution in [3.05, 3.63) is 64.7 Å². The Bertz CT molecular complexity index is 727. The Morgan fingerprint density at radius 2 is 1.76 bits per heavy atom. The average molecular weight is 339 g/mol. The summed E-state index contributed by atoms with van der Waals surface area (Å²) in [5.74, 6) is 0.753. The van der Waals surface area contributed by atoms with Crippen LogP contribution in [-0.4, -0.2) is 12.5 Å². The summed E-state index contributed by atoms with van der Waals surface area (Å²) in [5.41, 5.74) is 4.14. The monoisotopic (exact) mass is 339 g/mol. The van der Waals surface area contributed by atoms with Gasteiger partial charge in [-0.1, -0.05) is 45.0 Å². The van der Waals surface area contributed by atoms with Crippen molar-refractivity contribution in [2.75, 3.05) is 6.61 Å². The van der Waals surface area contributed by atoms with Gasteiger partial charge in [0.15, 0.2) is 0 Å². The van der Waals surface area contributed by atoms with Gasteiger partial charge in [-0.15, -0.1) is 0 Å². The van der Waals surface area contributed by atoms with Crippen LogP contribution in [0.3, 0.4) is 0 Å². The standard InChI is InChI=1S/C22H29NO2/c1-7-25-20-13-10-18(14-15(20)2)21(24)23-16(3)17-8-11-19(12-9-17)22(4,5)6/h8-14,16H,7H2,1-6H3,(H,23,24)/t16-/m1/s1. The van der Waals surface area contributed by atoms with Crippen LogP contribution in [-0.2, 0) is 5.41 Å². The number of aryl methyl sites for hydroxylation is 1. The maximum atomic E-state index is 12.5. The van der Waals surface area contributed by atoms with Crippen molar-refractivity contribution < 1.29 is 9.53 Å². The molecule has 2 rings (SSSR count). The van der Waals surface area contributed by atoms with Gasteiger partial charge < -0.3 is 10.1 Å². The summed E-state index contributed by atoms with van der Waals surface area (Å²) in [7, 11) is 0. The molecule has 0 spiro atoms. The van der Waals surface area contributed by atoms with Crippen LogP contribution < -0.4 is 10.1 Å². The van der Waals surface area contributed by atoms with Crippen LogP contribution in [0.15, 0.2) is 42.5 Å². The van der Waals surface area contributed by atoms with E-state index in [2.05, 4.69) is 50.4 Å². The highest BCUT2D eigenvalue weighted by Gasteiger charge is 2.16. The number of hydrogen-bond acceptors (Lipinski definition) is 2. The molecule has 0 saturated carbocycles. The molecule has 1 atom stereocenters. The maximum Gasteiger partial charge on any atom is 0.251 e. The summed E-state index contributed by atoms with van der Waals surface area (Å²) < 4.78 is 5.53. The molecule has 0 saturated heterocycles. The van der Waals surface area contributed by atoms with Gasteiger partial charge in [0, 0.05) is 5.56 Å². The van der Waals surface area contributed by atoms with Crippen LogP contribution >= 0.6 is 0 Å². The smallest absolute Gasteiger partial charge is 0.251 e. The summed E-state index contributed by atoms with van der Waals surface area (Å²) in [6.45, 7) is 13.1. The first-order chi connectivity index (χ1) is 11.7. The molecule has 2 aromatic rings. The zero-order chi connectivity index (χ0) is 18.6. The summed E-state index contributed by atoms with van der Waals surface area (Å²) >= 11 is 0. The van der Waals surface area contributed by atoms with E-state index in [1.54, 1.807) is 0 Å². The van der Waals surface area contributed by atoms with Crippen LogP contribution in [0.2, 0.25) is 0 Å². The molecule has 0 fully saturated rings. The zero-order valence-electron chi connectivity index (χ0n) is 16.1. The third kappa shape index (κ3) is 4.85. The van der Waals surface area contributed by atoms with Crippen LogP contribution in [0.1, 0.15) is 67.7 Å². The van der Waals surface area contributed by atoms with Crippen molar-refractivity contribution in [2.24, 2.45) is 0 Å². The van der Waals surface area contributed by atoms with Crippen molar-refractivity contribution in [1.29, 1.82) is 0 Å². The highest BCUT2D eigenvalue weighted by Crippen LogP contribution is 2.24. The van der Waals surface area contributed by atoms with E-state index in [9.17, 15) is 4.79 Å². The Labute approximate surface area is 151 Å². The lowest BCUT2D eigenvalue weighted by molar-refractivity contribution is 0.0939. The first kappa shape index (κ1) is 19.0. The van der Waals surface area contributed by atoms with Gasteiger partial charge in [0.25, 0.3) is 5.91 Å². The van der Waals surface area contributed by atoms with Crippen LogP contribution in [0.4, 0.5) is 0 Å². The Morgan fingerprint density at radius 3 is 2.28 bits per heavy atom. The number of carbonyl (C=O) groups is 1. The van der Waals surface area contributed by atoms with Gasteiger partial charge in [0.1, 0.15) is 5.75 Å². The molecule has 0 aliphatic rings.